The summed E-state index contributed by atoms with van der Waals surface area (Å²) >= 11 is 6.75. The van der Waals surface area contributed by atoms with Gasteiger partial charge >= 0.3 is 0 Å². The highest BCUT2D eigenvalue weighted by Crippen LogP contribution is 2.35. The topological polar surface area (TPSA) is 52.3 Å². The summed E-state index contributed by atoms with van der Waals surface area (Å²) in [5.74, 6) is 1.56. The average Bonchev–Trinajstić information content (AvgIpc) is 3.27. The summed E-state index contributed by atoms with van der Waals surface area (Å²) in [5.41, 5.74) is 2.86. The number of methoxy groups -OCH3 is 1. The number of hydrogen-bond donors (Lipinski definition) is 0. The lowest BCUT2D eigenvalue weighted by atomic mass is 10.2. The van der Waals surface area contributed by atoms with E-state index in [0.29, 0.717) is 0 Å². The summed E-state index contributed by atoms with van der Waals surface area (Å²) in [6.45, 7) is 0. The van der Waals surface area contributed by atoms with Gasteiger partial charge in [0, 0.05) is 21.8 Å². The Morgan fingerprint density at radius 1 is 1.24 bits per heavy atom. The molecular weight excluding hydrogens is 420 g/mol. The highest BCUT2D eigenvalue weighted by atomic mass is 79.9. The second-order valence-corrected chi connectivity index (χ2v) is 7.90. The Bertz CT molecular complexity index is 1030. The summed E-state index contributed by atoms with van der Waals surface area (Å²) in [6, 6.07) is 11.8. The van der Waals surface area contributed by atoms with Crippen LogP contribution in [0.2, 0.25) is 0 Å². The van der Waals surface area contributed by atoms with Gasteiger partial charge in [-0.1, -0.05) is 33.8 Å². The Morgan fingerprint density at radius 3 is 3.04 bits per heavy atom. The number of thiazole rings is 1. The molecule has 0 unspecified atom stereocenters. The maximum Gasteiger partial charge on any atom is 0.195 e. The lowest BCUT2D eigenvalue weighted by Crippen LogP contribution is -1.89. The van der Waals surface area contributed by atoms with Crippen molar-refractivity contribution in [3.05, 3.63) is 58.1 Å². The first kappa shape index (κ1) is 16.6. The third-order valence-electron chi connectivity index (χ3n) is 3.58. The molecule has 0 radical (unpaired) electrons. The maximum absolute atomic E-state index is 5.45. The van der Waals surface area contributed by atoms with Crippen LogP contribution in [0, 0.1) is 0 Å². The minimum Gasteiger partial charge on any atom is -0.496 e. The van der Waals surface area contributed by atoms with E-state index in [-0.39, 0.29) is 0 Å². The van der Waals surface area contributed by atoms with Gasteiger partial charge in [0.1, 0.15) is 10.8 Å². The Balaban J connectivity index is 1.55. The summed E-state index contributed by atoms with van der Waals surface area (Å²) < 4.78 is 8.44. The molecule has 0 spiro atoms. The van der Waals surface area contributed by atoms with Gasteiger partial charge in [-0.2, -0.15) is 0 Å². The molecule has 0 atom stereocenters. The molecule has 0 aliphatic carbocycles. The van der Waals surface area contributed by atoms with E-state index < -0.39 is 0 Å². The molecule has 25 heavy (non-hydrogen) atoms. The molecule has 0 aliphatic rings. The number of thioether (sulfide) groups is 1. The summed E-state index contributed by atoms with van der Waals surface area (Å²) in [7, 11) is 1.67. The van der Waals surface area contributed by atoms with E-state index in [9.17, 15) is 0 Å². The standard InChI is InChI=1S/C17H13BrN4OS2/c1-23-14-6-5-11(18)8-13(14)16-19-12(9-24-16)10-25-17-21-20-15-4-2-3-7-22(15)17/h2-9H,10H2,1H3. The van der Waals surface area contributed by atoms with Crippen LogP contribution in [0.15, 0.2) is 57.6 Å². The minimum absolute atomic E-state index is 0.739. The molecule has 4 aromatic rings. The Kier molecular flexibility index (Phi) is 4.74. The predicted molar refractivity (Wildman–Crippen MR) is 104 cm³/mol. The minimum atomic E-state index is 0.739. The lowest BCUT2D eigenvalue weighted by Gasteiger charge is -2.06. The summed E-state index contributed by atoms with van der Waals surface area (Å²) in [5, 5.41) is 12.3. The highest BCUT2D eigenvalue weighted by molar-refractivity contribution is 9.10. The van der Waals surface area contributed by atoms with E-state index >= 15 is 0 Å². The van der Waals surface area contributed by atoms with Crippen LogP contribution in [-0.4, -0.2) is 26.7 Å². The molecule has 126 valence electrons. The van der Waals surface area contributed by atoms with E-state index in [2.05, 4.69) is 31.5 Å². The Morgan fingerprint density at radius 2 is 2.16 bits per heavy atom. The van der Waals surface area contributed by atoms with E-state index in [1.807, 2.05) is 47.0 Å². The van der Waals surface area contributed by atoms with Gasteiger partial charge in [-0.25, -0.2) is 4.98 Å². The fourth-order valence-corrected chi connectivity index (χ4v) is 4.52. The van der Waals surface area contributed by atoms with Gasteiger partial charge in [-0.3, -0.25) is 4.40 Å². The van der Waals surface area contributed by atoms with Crippen LogP contribution in [0.5, 0.6) is 5.75 Å². The van der Waals surface area contributed by atoms with Crippen molar-refractivity contribution in [2.45, 2.75) is 10.9 Å². The van der Waals surface area contributed by atoms with Gasteiger partial charge in [0.2, 0.25) is 0 Å². The number of halogens is 1. The van der Waals surface area contributed by atoms with Crippen molar-refractivity contribution in [2.75, 3.05) is 7.11 Å². The van der Waals surface area contributed by atoms with Gasteiger partial charge in [0.15, 0.2) is 10.8 Å². The fraction of sp³-hybridized carbons (Fsp3) is 0.118. The number of fused-ring (bicyclic) bond motifs is 1. The van der Waals surface area contributed by atoms with Crippen molar-refractivity contribution < 1.29 is 4.74 Å². The van der Waals surface area contributed by atoms with Crippen molar-refractivity contribution >= 4 is 44.7 Å². The third-order valence-corrected chi connectivity index (χ3v) is 5.97. The van der Waals surface area contributed by atoms with Crippen molar-refractivity contribution in [3.8, 4) is 16.3 Å². The second kappa shape index (κ2) is 7.15. The van der Waals surface area contributed by atoms with Crippen LogP contribution in [-0.2, 0) is 5.75 Å². The van der Waals surface area contributed by atoms with Crippen LogP contribution in [0.25, 0.3) is 16.2 Å². The smallest absolute Gasteiger partial charge is 0.195 e. The van der Waals surface area contributed by atoms with Gasteiger partial charge in [-0.05, 0) is 30.3 Å². The van der Waals surface area contributed by atoms with Gasteiger partial charge in [-0.15, -0.1) is 21.5 Å². The van der Waals surface area contributed by atoms with Gasteiger partial charge in [0.25, 0.3) is 0 Å². The molecule has 0 saturated carbocycles. The monoisotopic (exact) mass is 432 g/mol. The van der Waals surface area contributed by atoms with Crippen LogP contribution < -0.4 is 4.74 Å². The quantitative estimate of drug-likeness (QED) is 0.419. The van der Waals surface area contributed by atoms with Crippen molar-refractivity contribution in [1.29, 1.82) is 0 Å². The zero-order chi connectivity index (χ0) is 17.2. The van der Waals surface area contributed by atoms with Crippen LogP contribution in [0.3, 0.4) is 0 Å². The first-order chi connectivity index (χ1) is 12.2. The lowest BCUT2D eigenvalue weighted by molar-refractivity contribution is 0.416. The van der Waals surface area contributed by atoms with Crippen molar-refractivity contribution in [2.24, 2.45) is 0 Å². The molecule has 0 saturated heterocycles. The molecule has 3 aromatic heterocycles. The third kappa shape index (κ3) is 3.42. The summed E-state index contributed by atoms with van der Waals surface area (Å²) in [4.78, 5) is 4.75. The van der Waals surface area contributed by atoms with E-state index in [1.54, 1.807) is 30.2 Å². The van der Waals surface area contributed by atoms with E-state index in [4.69, 9.17) is 9.72 Å². The normalized spacial score (nSPS) is 11.1. The second-order valence-electron chi connectivity index (χ2n) is 5.19. The maximum atomic E-state index is 5.45. The van der Waals surface area contributed by atoms with Crippen LogP contribution in [0.1, 0.15) is 5.69 Å². The van der Waals surface area contributed by atoms with E-state index in [1.165, 1.54) is 0 Å². The number of rotatable bonds is 5. The molecule has 1 aromatic carbocycles. The number of benzene rings is 1. The highest BCUT2D eigenvalue weighted by Gasteiger charge is 2.12. The van der Waals surface area contributed by atoms with Crippen LogP contribution >= 0.6 is 39.0 Å². The number of pyridine rings is 1. The summed E-state index contributed by atoms with van der Waals surface area (Å²) in [6.07, 6.45) is 1.97. The average molecular weight is 433 g/mol. The molecule has 0 bridgehead atoms. The first-order valence-electron chi connectivity index (χ1n) is 7.45. The molecule has 3 heterocycles. The largest absolute Gasteiger partial charge is 0.496 e. The number of nitrogens with zero attached hydrogens (tertiary/aromatic N) is 4. The number of ether oxygens (including phenoxy) is 1. The molecular formula is C17H13BrN4OS2. The SMILES string of the molecule is COc1ccc(Br)cc1-c1nc(CSc2nnc3ccccn23)cs1. The van der Waals surface area contributed by atoms with Gasteiger partial charge in [0.05, 0.1) is 18.4 Å². The Hall–Kier alpha value is -1.90. The fourth-order valence-electron chi connectivity index (χ4n) is 2.40. The van der Waals surface area contributed by atoms with Gasteiger partial charge < -0.3 is 4.74 Å². The molecule has 8 heteroatoms. The van der Waals surface area contributed by atoms with Crippen molar-refractivity contribution in [1.82, 2.24) is 19.6 Å². The molecule has 0 amide bonds. The van der Waals surface area contributed by atoms with Crippen molar-refractivity contribution in [3.63, 3.8) is 0 Å². The predicted octanol–water partition coefficient (Wildman–Crippen LogP) is 4.92. The van der Waals surface area contributed by atoms with Crippen LogP contribution in [0.4, 0.5) is 0 Å². The molecule has 5 nitrogen and oxygen atoms in total. The zero-order valence-corrected chi connectivity index (χ0v) is 16.4. The molecule has 0 fully saturated rings. The number of aromatic nitrogens is 4. The molecule has 0 N–H and O–H groups in total. The van der Waals surface area contributed by atoms with E-state index in [0.717, 1.165) is 43.0 Å². The number of hydrogen-bond acceptors (Lipinski definition) is 6. The molecule has 0 aliphatic heterocycles. The molecule has 4 rings (SSSR count). The Labute approximate surface area is 161 Å². The first-order valence-corrected chi connectivity index (χ1v) is 10.1. The zero-order valence-electron chi connectivity index (χ0n) is 13.2.